The van der Waals surface area contributed by atoms with Crippen LogP contribution in [-0.4, -0.2) is 35.1 Å². The van der Waals surface area contributed by atoms with Crippen molar-refractivity contribution >= 4 is 23.3 Å². The fourth-order valence-corrected chi connectivity index (χ4v) is 4.00. The first-order valence-corrected chi connectivity index (χ1v) is 11.5. The number of benzene rings is 3. The molecule has 0 bridgehead atoms. The van der Waals surface area contributed by atoms with E-state index in [4.69, 9.17) is 11.1 Å². The van der Waals surface area contributed by atoms with Crippen LogP contribution in [0.25, 0.3) is 11.1 Å². The maximum atomic E-state index is 13.4. The molecule has 7 heteroatoms. The Hall–Kier alpha value is -4.44. The van der Waals surface area contributed by atoms with Crippen LogP contribution in [0.1, 0.15) is 37.0 Å². The van der Waals surface area contributed by atoms with Crippen LogP contribution in [0, 0.1) is 16.7 Å². The SMILES string of the molecule is CCC(=O)N(CC)[C@@H](Cc1cccc(C(=N)N)c1)C(=O)Nc1ccc(-c2ccccc2C#N)cc1. The third kappa shape index (κ3) is 6.12. The number of rotatable bonds is 9. The number of hydrogen-bond donors (Lipinski definition) is 3. The lowest BCUT2D eigenvalue weighted by Gasteiger charge is -2.30. The molecule has 0 aliphatic carbocycles. The van der Waals surface area contributed by atoms with E-state index in [0.29, 0.717) is 29.8 Å². The molecule has 0 fully saturated rings. The number of nitrogens with zero attached hydrogens (tertiary/aromatic N) is 2. The number of nitriles is 1. The van der Waals surface area contributed by atoms with E-state index in [2.05, 4.69) is 11.4 Å². The van der Waals surface area contributed by atoms with Crippen LogP contribution in [0.3, 0.4) is 0 Å². The summed E-state index contributed by atoms with van der Waals surface area (Å²) in [5, 5.41) is 20.0. The van der Waals surface area contributed by atoms with Crippen molar-refractivity contribution in [2.24, 2.45) is 5.73 Å². The summed E-state index contributed by atoms with van der Waals surface area (Å²) in [6.07, 6.45) is 0.582. The topological polar surface area (TPSA) is 123 Å². The van der Waals surface area contributed by atoms with Crippen LogP contribution in [-0.2, 0) is 16.0 Å². The lowest BCUT2D eigenvalue weighted by Crippen LogP contribution is -2.48. The molecule has 0 aromatic heterocycles. The number of nitrogens with one attached hydrogen (secondary N) is 2. The molecule has 0 heterocycles. The predicted octanol–water partition coefficient (Wildman–Crippen LogP) is 4.32. The van der Waals surface area contributed by atoms with Crippen LogP contribution >= 0.6 is 0 Å². The fourth-order valence-electron chi connectivity index (χ4n) is 4.00. The second kappa shape index (κ2) is 11.6. The van der Waals surface area contributed by atoms with Crippen LogP contribution in [0.5, 0.6) is 0 Å². The molecular formula is C28H29N5O2. The lowest BCUT2D eigenvalue weighted by atomic mass is 9.99. The van der Waals surface area contributed by atoms with Crippen molar-refractivity contribution in [2.75, 3.05) is 11.9 Å². The van der Waals surface area contributed by atoms with Crippen molar-refractivity contribution < 1.29 is 9.59 Å². The zero-order valence-electron chi connectivity index (χ0n) is 19.9. The Morgan fingerprint density at radius 1 is 1.06 bits per heavy atom. The van der Waals surface area contributed by atoms with Gasteiger partial charge in [0, 0.05) is 30.6 Å². The van der Waals surface area contributed by atoms with Gasteiger partial charge >= 0.3 is 0 Å². The van der Waals surface area contributed by atoms with Gasteiger partial charge in [-0.1, -0.05) is 55.5 Å². The van der Waals surface area contributed by atoms with Gasteiger partial charge in [0.2, 0.25) is 11.8 Å². The summed E-state index contributed by atoms with van der Waals surface area (Å²) in [6.45, 7) is 4.01. The second-order valence-corrected chi connectivity index (χ2v) is 8.09. The zero-order chi connectivity index (χ0) is 25.4. The monoisotopic (exact) mass is 467 g/mol. The predicted molar refractivity (Wildman–Crippen MR) is 138 cm³/mol. The first-order chi connectivity index (χ1) is 16.9. The van der Waals surface area contributed by atoms with Crippen LogP contribution in [0.2, 0.25) is 0 Å². The third-order valence-electron chi connectivity index (χ3n) is 5.82. The van der Waals surface area contributed by atoms with E-state index in [-0.39, 0.29) is 24.1 Å². The standard InChI is InChI=1S/C28H29N5O2/c1-3-26(34)33(4-2)25(17-19-8-7-10-21(16-19)27(30)31)28(35)32-23-14-12-20(13-15-23)24-11-6-5-9-22(24)18-29/h5-16,25H,3-4,17H2,1-2H3,(H3,30,31)(H,32,35)/t25-/m0/s1. The number of nitrogen functional groups attached to an aromatic ring is 1. The number of anilines is 1. The molecule has 0 saturated carbocycles. The van der Waals surface area contributed by atoms with Gasteiger partial charge in [-0.2, -0.15) is 5.26 Å². The summed E-state index contributed by atoms with van der Waals surface area (Å²) in [5.74, 6) is -0.464. The molecular weight excluding hydrogens is 438 g/mol. The first-order valence-electron chi connectivity index (χ1n) is 11.5. The number of carbonyl (C=O) groups excluding carboxylic acids is 2. The van der Waals surface area contributed by atoms with Gasteiger partial charge in [0.25, 0.3) is 0 Å². The Labute approximate surface area is 205 Å². The summed E-state index contributed by atoms with van der Waals surface area (Å²) in [4.78, 5) is 27.6. The average Bonchev–Trinajstić information content (AvgIpc) is 2.88. The zero-order valence-corrected chi connectivity index (χ0v) is 19.9. The average molecular weight is 468 g/mol. The smallest absolute Gasteiger partial charge is 0.247 e. The molecule has 0 spiro atoms. The Balaban J connectivity index is 1.86. The van der Waals surface area contributed by atoms with E-state index >= 15 is 0 Å². The highest BCUT2D eigenvalue weighted by molar-refractivity contribution is 5.98. The number of amides is 2. The van der Waals surface area contributed by atoms with E-state index in [1.165, 1.54) is 0 Å². The minimum atomic E-state index is -0.728. The van der Waals surface area contributed by atoms with Crippen molar-refractivity contribution in [3.05, 3.63) is 89.5 Å². The van der Waals surface area contributed by atoms with Gasteiger partial charge in [0.1, 0.15) is 11.9 Å². The van der Waals surface area contributed by atoms with Gasteiger partial charge in [-0.05, 0) is 47.9 Å². The molecule has 4 N–H and O–H groups in total. The van der Waals surface area contributed by atoms with E-state index in [1.54, 1.807) is 48.2 Å². The molecule has 0 radical (unpaired) electrons. The minimum Gasteiger partial charge on any atom is -0.384 e. The molecule has 0 saturated heterocycles. The largest absolute Gasteiger partial charge is 0.384 e. The van der Waals surface area contributed by atoms with Gasteiger partial charge in [-0.3, -0.25) is 15.0 Å². The molecule has 3 aromatic rings. The quantitative estimate of drug-likeness (QED) is 0.320. The van der Waals surface area contributed by atoms with Gasteiger partial charge < -0.3 is 16.0 Å². The maximum absolute atomic E-state index is 13.4. The van der Waals surface area contributed by atoms with Crippen LogP contribution < -0.4 is 11.1 Å². The Bertz CT molecular complexity index is 1260. The van der Waals surface area contributed by atoms with Gasteiger partial charge in [-0.15, -0.1) is 0 Å². The van der Waals surface area contributed by atoms with Crippen LogP contribution in [0.15, 0.2) is 72.8 Å². The van der Waals surface area contributed by atoms with Gasteiger partial charge in [0.05, 0.1) is 11.6 Å². The molecule has 3 rings (SSSR count). The first kappa shape index (κ1) is 25.2. The molecule has 7 nitrogen and oxygen atoms in total. The highest BCUT2D eigenvalue weighted by atomic mass is 16.2. The molecule has 3 aromatic carbocycles. The van der Waals surface area contributed by atoms with Crippen LogP contribution in [0.4, 0.5) is 5.69 Å². The highest BCUT2D eigenvalue weighted by Gasteiger charge is 2.28. The highest BCUT2D eigenvalue weighted by Crippen LogP contribution is 2.25. The Morgan fingerprint density at radius 3 is 2.40 bits per heavy atom. The van der Waals surface area contributed by atoms with Crippen molar-refractivity contribution in [1.82, 2.24) is 4.90 Å². The number of nitrogens with two attached hydrogens (primary N) is 1. The maximum Gasteiger partial charge on any atom is 0.247 e. The number of carbonyl (C=O) groups is 2. The third-order valence-corrected chi connectivity index (χ3v) is 5.82. The summed E-state index contributed by atoms with van der Waals surface area (Å²) in [6, 6.07) is 23.2. The number of likely N-dealkylation sites (N-methyl/N-ethyl adjacent to an activating group) is 1. The molecule has 2 amide bonds. The number of hydrogen-bond acceptors (Lipinski definition) is 4. The summed E-state index contributed by atoms with van der Waals surface area (Å²) in [7, 11) is 0. The minimum absolute atomic E-state index is 0.0529. The molecule has 178 valence electrons. The molecule has 0 aliphatic heterocycles. The molecule has 1 atom stereocenters. The second-order valence-electron chi connectivity index (χ2n) is 8.09. The van der Waals surface area contributed by atoms with Crippen molar-refractivity contribution in [1.29, 1.82) is 10.7 Å². The van der Waals surface area contributed by atoms with Crippen molar-refractivity contribution in [3.63, 3.8) is 0 Å². The summed E-state index contributed by atoms with van der Waals surface area (Å²) in [5.41, 5.74) is 9.86. The van der Waals surface area contributed by atoms with Gasteiger partial charge in [-0.25, -0.2) is 0 Å². The van der Waals surface area contributed by atoms with E-state index in [1.807, 2.05) is 43.3 Å². The summed E-state index contributed by atoms with van der Waals surface area (Å²) >= 11 is 0. The van der Waals surface area contributed by atoms with Crippen molar-refractivity contribution in [3.8, 4) is 17.2 Å². The fraction of sp³-hybridized carbons (Fsp3) is 0.214. The lowest BCUT2D eigenvalue weighted by molar-refractivity contribution is -0.138. The molecule has 0 aliphatic rings. The van der Waals surface area contributed by atoms with Crippen molar-refractivity contribution in [2.45, 2.75) is 32.7 Å². The molecule has 0 unspecified atom stereocenters. The normalized spacial score (nSPS) is 11.2. The Morgan fingerprint density at radius 2 is 1.77 bits per heavy atom. The summed E-state index contributed by atoms with van der Waals surface area (Å²) < 4.78 is 0. The van der Waals surface area contributed by atoms with Gasteiger partial charge in [0.15, 0.2) is 0 Å². The van der Waals surface area contributed by atoms with E-state index in [9.17, 15) is 14.9 Å². The Kier molecular flexibility index (Phi) is 8.36. The molecule has 35 heavy (non-hydrogen) atoms. The van der Waals surface area contributed by atoms with E-state index in [0.717, 1.165) is 16.7 Å². The van der Waals surface area contributed by atoms with E-state index < -0.39 is 6.04 Å². The number of amidine groups is 1.